The molecule has 0 aliphatic rings. The molecule has 0 aliphatic heterocycles. The Hall–Kier alpha value is -1.26. The van der Waals surface area contributed by atoms with E-state index in [1.54, 1.807) is 0 Å². The van der Waals surface area contributed by atoms with E-state index < -0.39 is 0 Å². The Bertz CT molecular complexity index is 489. The average molecular weight is 211 g/mol. The quantitative estimate of drug-likeness (QED) is 0.558. The fourth-order valence-corrected chi connectivity index (χ4v) is 1.82. The van der Waals surface area contributed by atoms with Crippen LogP contribution in [0.2, 0.25) is 5.02 Å². The topological polar surface area (TPSA) is 55.9 Å². The van der Waals surface area contributed by atoms with E-state index in [4.69, 9.17) is 17.4 Å². The van der Waals surface area contributed by atoms with Gasteiger partial charge < -0.3 is 4.57 Å². The summed E-state index contributed by atoms with van der Waals surface area (Å²) < 4.78 is 1.87. The zero-order valence-electron chi connectivity index (χ0n) is 8.00. The number of anilines is 1. The van der Waals surface area contributed by atoms with E-state index >= 15 is 0 Å². The SMILES string of the molecule is Cc1cc(Cl)c2nc(NN)n(C)c2c1. The van der Waals surface area contributed by atoms with Gasteiger partial charge in [0.15, 0.2) is 0 Å². The first-order valence-corrected chi connectivity index (χ1v) is 4.60. The molecule has 2 rings (SSSR count). The van der Waals surface area contributed by atoms with Gasteiger partial charge in [-0.15, -0.1) is 0 Å². The van der Waals surface area contributed by atoms with E-state index in [9.17, 15) is 0 Å². The minimum atomic E-state index is 0.604. The number of nitrogens with one attached hydrogen (secondary N) is 1. The first-order valence-electron chi connectivity index (χ1n) is 4.22. The molecule has 0 radical (unpaired) electrons. The zero-order chi connectivity index (χ0) is 10.3. The third-order valence-electron chi connectivity index (χ3n) is 2.21. The molecule has 3 N–H and O–H groups in total. The Labute approximate surface area is 86.6 Å². The summed E-state index contributed by atoms with van der Waals surface area (Å²) in [6.45, 7) is 1.99. The van der Waals surface area contributed by atoms with Gasteiger partial charge in [0.2, 0.25) is 5.95 Å². The van der Waals surface area contributed by atoms with Crippen LogP contribution in [-0.2, 0) is 7.05 Å². The fraction of sp³-hybridized carbons (Fsp3) is 0.222. The van der Waals surface area contributed by atoms with Crippen LogP contribution in [0.15, 0.2) is 12.1 Å². The minimum absolute atomic E-state index is 0.604. The molecule has 4 nitrogen and oxygen atoms in total. The number of nitrogens with two attached hydrogens (primary N) is 1. The summed E-state index contributed by atoms with van der Waals surface area (Å²) in [5, 5.41) is 0.650. The van der Waals surface area contributed by atoms with Gasteiger partial charge in [-0.05, 0) is 24.6 Å². The van der Waals surface area contributed by atoms with Gasteiger partial charge in [0.25, 0.3) is 0 Å². The number of aromatic nitrogens is 2. The summed E-state index contributed by atoms with van der Waals surface area (Å²) in [5.41, 5.74) is 5.38. The molecular weight excluding hydrogens is 200 g/mol. The van der Waals surface area contributed by atoms with Gasteiger partial charge in [-0.25, -0.2) is 10.8 Å². The molecule has 0 amide bonds. The van der Waals surface area contributed by atoms with Crippen LogP contribution in [0.3, 0.4) is 0 Å². The average Bonchev–Trinajstić information content (AvgIpc) is 2.44. The molecule has 5 heteroatoms. The molecule has 0 atom stereocenters. The highest BCUT2D eigenvalue weighted by atomic mass is 35.5. The van der Waals surface area contributed by atoms with E-state index in [-0.39, 0.29) is 0 Å². The molecule has 74 valence electrons. The highest BCUT2D eigenvalue weighted by Crippen LogP contribution is 2.26. The van der Waals surface area contributed by atoms with Crippen molar-refractivity contribution in [3.63, 3.8) is 0 Å². The van der Waals surface area contributed by atoms with Crippen LogP contribution in [0.25, 0.3) is 11.0 Å². The first-order chi connectivity index (χ1) is 6.63. The van der Waals surface area contributed by atoms with E-state index in [2.05, 4.69) is 10.4 Å². The number of hydrazine groups is 1. The number of imidazole rings is 1. The number of hydrogen-bond donors (Lipinski definition) is 2. The van der Waals surface area contributed by atoms with Crippen molar-refractivity contribution in [1.82, 2.24) is 9.55 Å². The number of nitrogen functional groups attached to an aromatic ring is 1. The first kappa shape index (κ1) is 9.30. The lowest BCUT2D eigenvalue weighted by Gasteiger charge is -2.00. The lowest BCUT2D eigenvalue weighted by atomic mass is 10.2. The van der Waals surface area contributed by atoms with Gasteiger partial charge in [0.1, 0.15) is 5.52 Å². The molecule has 0 bridgehead atoms. The molecule has 0 saturated carbocycles. The lowest BCUT2D eigenvalue weighted by Crippen LogP contribution is -2.11. The number of aryl methyl sites for hydroxylation is 2. The largest absolute Gasteiger partial charge is 0.312 e. The monoisotopic (exact) mass is 210 g/mol. The fourth-order valence-electron chi connectivity index (χ4n) is 1.51. The lowest BCUT2D eigenvalue weighted by molar-refractivity contribution is 0.942. The molecule has 1 aromatic carbocycles. The predicted molar refractivity (Wildman–Crippen MR) is 58.3 cm³/mol. The summed E-state index contributed by atoms with van der Waals surface area (Å²) in [4.78, 5) is 4.27. The second-order valence-corrected chi connectivity index (χ2v) is 3.66. The van der Waals surface area contributed by atoms with Crippen molar-refractivity contribution in [3.8, 4) is 0 Å². The van der Waals surface area contributed by atoms with E-state index in [0.717, 1.165) is 16.6 Å². The molecular formula is C9H11ClN4. The molecule has 0 unspecified atom stereocenters. The Morgan fingerprint density at radius 3 is 2.86 bits per heavy atom. The Morgan fingerprint density at radius 1 is 1.50 bits per heavy atom. The number of halogens is 1. The predicted octanol–water partition coefficient (Wildman–Crippen LogP) is 1.82. The van der Waals surface area contributed by atoms with E-state index in [0.29, 0.717) is 11.0 Å². The highest BCUT2D eigenvalue weighted by Gasteiger charge is 2.09. The normalized spacial score (nSPS) is 10.9. The van der Waals surface area contributed by atoms with E-state index in [1.165, 1.54) is 0 Å². The molecule has 0 saturated heterocycles. The van der Waals surface area contributed by atoms with Gasteiger partial charge in [0, 0.05) is 7.05 Å². The maximum Gasteiger partial charge on any atom is 0.218 e. The van der Waals surface area contributed by atoms with Crippen molar-refractivity contribution < 1.29 is 0 Å². The molecule has 1 aromatic heterocycles. The van der Waals surface area contributed by atoms with Gasteiger partial charge in [-0.2, -0.15) is 0 Å². The number of fused-ring (bicyclic) bond motifs is 1. The molecule has 2 aromatic rings. The van der Waals surface area contributed by atoms with Crippen molar-refractivity contribution in [3.05, 3.63) is 22.7 Å². The van der Waals surface area contributed by atoms with Gasteiger partial charge in [-0.1, -0.05) is 11.6 Å². The summed E-state index contributed by atoms with van der Waals surface area (Å²) in [6.07, 6.45) is 0. The van der Waals surface area contributed by atoms with Crippen molar-refractivity contribution in [2.24, 2.45) is 12.9 Å². The summed E-state index contributed by atoms with van der Waals surface area (Å²) >= 11 is 6.06. The second-order valence-electron chi connectivity index (χ2n) is 3.25. The Balaban J connectivity index is 2.85. The van der Waals surface area contributed by atoms with Crippen LogP contribution in [0.4, 0.5) is 5.95 Å². The number of hydrogen-bond acceptors (Lipinski definition) is 3. The van der Waals surface area contributed by atoms with Crippen molar-refractivity contribution >= 4 is 28.6 Å². The van der Waals surface area contributed by atoms with Crippen molar-refractivity contribution in [2.45, 2.75) is 6.92 Å². The summed E-state index contributed by atoms with van der Waals surface area (Å²) in [5.74, 6) is 5.93. The number of benzene rings is 1. The molecule has 0 aliphatic carbocycles. The van der Waals surface area contributed by atoms with Gasteiger partial charge >= 0.3 is 0 Å². The van der Waals surface area contributed by atoms with E-state index in [1.807, 2.05) is 30.7 Å². The number of nitrogens with zero attached hydrogens (tertiary/aromatic N) is 2. The third kappa shape index (κ3) is 1.23. The van der Waals surface area contributed by atoms with Crippen LogP contribution >= 0.6 is 11.6 Å². The molecule has 1 heterocycles. The maximum atomic E-state index is 6.06. The highest BCUT2D eigenvalue weighted by molar-refractivity contribution is 6.35. The van der Waals surface area contributed by atoms with Crippen LogP contribution in [0, 0.1) is 6.92 Å². The van der Waals surface area contributed by atoms with Gasteiger partial charge in [0.05, 0.1) is 10.5 Å². The van der Waals surface area contributed by atoms with Crippen molar-refractivity contribution in [2.75, 3.05) is 5.43 Å². The molecule has 0 spiro atoms. The summed E-state index contributed by atoms with van der Waals surface area (Å²) in [6, 6.07) is 3.91. The Morgan fingerprint density at radius 2 is 2.21 bits per heavy atom. The standard InChI is InChI=1S/C9H11ClN4/c1-5-3-6(10)8-7(4-5)14(2)9(12-8)13-11/h3-4H,11H2,1-2H3,(H,12,13). The molecule has 0 fully saturated rings. The smallest absolute Gasteiger partial charge is 0.218 e. The van der Waals surface area contributed by atoms with Gasteiger partial charge in [-0.3, -0.25) is 5.43 Å². The van der Waals surface area contributed by atoms with Crippen LogP contribution in [0.5, 0.6) is 0 Å². The van der Waals surface area contributed by atoms with Crippen molar-refractivity contribution in [1.29, 1.82) is 0 Å². The van der Waals surface area contributed by atoms with Crippen LogP contribution in [0.1, 0.15) is 5.56 Å². The maximum absolute atomic E-state index is 6.06. The number of rotatable bonds is 1. The van der Waals surface area contributed by atoms with Crippen LogP contribution < -0.4 is 11.3 Å². The van der Waals surface area contributed by atoms with Crippen LogP contribution in [-0.4, -0.2) is 9.55 Å². The zero-order valence-corrected chi connectivity index (χ0v) is 8.76. The second kappa shape index (κ2) is 3.15. The summed E-state index contributed by atoms with van der Waals surface area (Å²) in [7, 11) is 1.89. The minimum Gasteiger partial charge on any atom is -0.312 e. The molecule has 14 heavy (non-hydrogen) atoms. The Kier molecular flexibility index (Phi) is 2.09. The third-order valence-corrected chi connectivity index (χ3v) is 2.50.